The molecular weight excluding hydrogens is 344 g/mol. The summed E-state index contributed by atoms with van der Waals surface area (Å²) in [5, 5.41) is 0. The number of likely N-dealkylation sites (tertiary alicyclic amines) is 2. The molecule has 2 heterocycles. The third kappa shape index (κ3) is 1.86. The molecule has 6 aliphatic rings. The second-order valence-electron chi connectivity index (χ2n) is 9.01. The Balaban J connectivity index is 1.11. The van der Waals surface area contributed by atoms with Crippen molar-refractivity contribution in [3.8, 4) is 0 Å². The number of amides is 4. The third-order valence-electron chi connectivity index (χ3n) is 7.89. The maximum absolute atomic E-state index is 12.7. The van der Waals surface area contributed by atoms with E-state index in [0.29, 0.717) is 19.5 Å². The summed E-state index contributed by atoms with van der Waals surface area (Å²) >= 11 is 0. The van der Waals surface area contributed by atoms with Gasteiger partial charge in [0.15, 0.2) is 0 Å². The fourth-order valence-electron chi connectivity index (χ4n) is 6.76. The van der Waals surface area contributed by atoms with Crippen molar-refractivity contribution in [3.63, 3.8) is 0 Å². The van der Waals surface area contributed by atoms with Crippen molar-refractivity contribution in [1.29, 1.82) is 0 Å². The zero-order valence-corrected chi connectivity index (χ0v) is 15.0. The average molecular weight is 366 g/mol. The molecule has 4 bridgehead atoms. The van der Waals surface area contributed by atoms with Crippen molar-refractivity contribution in [3.05, 3.63) is 24.3 Å². The molecule has 0 radical (unpaired) electrons. The summed E-state index contributed by atoms with van der Waals surface area (Å²) in [6.45, 7) is 0.614. The van der Waals surface area contributed by atoms with Crippen molar-refractivity contribution in [2.75, 3.05) is 13.1 Å². The van der Waals surface area contributed by atoms with Crippen molar-refractivity contribution in [2.45, 2.75) is 19.3 Å². The highest BCUT2D eigenvalue weighted by Crippen LogP contribution is 2.53. The summed E-state index contributed by atoms with van der Waals surface area (Å²) in [4.78, 5) is 53.6. The molecule has 6 nitrogen and oxygen atoms in total. The normalized spacial score (nSPS) is 45.8. The first-order valence-electron chi connectivity index (χ1n) is 10.1. The van der Waals surface area contributed by atoms with Gasteiger partial charge in [0, 0.05) is 13.1 Å². The fourth-order valence-corrected chi connectivity index (χ4v) is 6.76. The van der Waals surface area contributed by atoms with Crippen LogP contribution in [0.3, 0.4) is 0 Å². The van der Waals surface area contributed by atoms with Gasteiger partial charge < -0.3 is 0 Å². The molecule has 140 valence electrons. The molecule has 8 atom stereocenters. The lowest BCUT2D eigenvalue weighted by atomic mass is 9.85. The zero-order chi connectivity index (χ0) is 18.4. The molecule has 6 heteroatoms. The van der Waals surface area contributed by atoms with Crippen LogP contribution in [0.25, 0.3) is 0 Å². The van der Waals surface area contributed by atoms with E-state index in [-0.39, 0.29) is 71.0 Å². The van der Waals surface area contributed by atoms with Gasteiger partial charge in [-0.25, -0.2) is 0 Å². The first-order valence-corrected chi connectivity index (χ1v) is 10.1. The minimum Gasteiger partial charge on any atom is -0.282 e. The van der Waals surface area contributed by atoms with Crippen LogP contribution in [0, 0.1) is 47.3 Å². The number of fused-ring (bicyclic) bond motifs is 10. The van der Waals surface area contributed by atoms with Crippen LogP contribution >= 0.6 is 0 Å². The molecule has 4 amide bonds. The number of rotatable bonds is 4. The van der Waals surface area contributed by atoms with Gasteiger partial charge in [0.2, 0.25) is 23.6 Å². The second kappa shape index (κ2) is 5.18. The van der Waals surface area contributed by atoms with Gasteiger partial charge in [0.1, 0.15) is 0 Å². The molecular formula is C21H22N2O4. The van der Waals surface area contributed by atoms with Crippen LogP contribution in [-0.2, 0) is 19.2 Å². The SMILES string of the molecule is O=C1C2C3C=CC(C3)C2C(=O)N1CCCN1C(=O)C2C3C=C[C@@H](C3)C2C1=O. The molecule has 2 saturated carbocycles. The van der Waals surface area contributed by atoms with Crippen molar-refractivity contribution in [1.82, 2.24) is 9.80 Å². The Labute approximate surface area is 157 Å². The number of nitrogens with zero attached hydrogens (tertiary/aromatic N) is 2. The summed E-state index contributed by atoms with van der Waals surface area (Å²) in [5.41, 5.74) is 0. The van der Waals surface area contributed by atoms with Crippen LogP contribution in [-0.4, -0.2) is 46.5 Å². The van der Waals surface area contributed by atoms with Crippen molar-refractivity contribution >= 4 is 23.6 Å². The van der Waals surface area contributed by atoms with Gasteiger partial charge in [0.25, 0.3) is 0 Å². The van der Waals surface area contributed by atoms with Gasteiger partial charge in [0.05, 0.1) is 23.7 Å². The Morgan fingerprint density at radius 2 is 0.889 bits per heavy atom. The Morgan fingerprint density at radius 1 is 0.593 bits per heavy atom. The predicted octanol–water partition coefficient (Wildman–Crippen LogP) is 0.991. The Morgan fingerprint density at radius 3 is 1.19 bits per heavy atom. The summed E-state index contributed by atoms with van der Waals surface area (Å²) < 4.78 is 0. The number of allylic oxidation sites excluding steroid dienone is 4. The first-order chi connectivity index (χ1) is 13.1. The highest BCUT2D eigenvalue weighted by Gasteiger charge is 2.60. The Hall–Kier alpha value is -2.24. The van der Waals surface area contributed by atoms with Crippen LogP contribution in [0.5, 0.6) is 0 Å². The van der Waals surface area contributed by atoms with E-state index in [1.165, 1.54) is 9.80 Å². The van der Waals surface area contributed by atoms with Crippen molar-refractivity contribution < 1.29 is 19.2 Å². The fraction of sp³-hybridized carbons (Fsp3) is 0.619. The largest absolute Gasteiger partial charge is 0.282 e. The van der Waals surface area contributed by atoms with Gasteiger partial charge in [-0.3, -0.25) is 29.0 Å². The van der Waals surface area contributed by atoms with E-state index in [4.69, 9.17) is 0 Å². The maximum atomic E-state index is 12.7. The quantitative estimate of drug-likeness (QED) is 0.549. The number of hydrogen-bond acceptors (Lipinski definition) is 4. The molecule has 2 saturated heterocycles. The average Bonchev–Trinajstić information content (AvgIpc) is 3.47. The lowest BCUT2D eigenvalue weighted by Gasteiger charge is -2.20. The molecule has 4 aliphatic carbocycles. The summed E-state index contributed by atoms with van der Waals surface area (Å²) in [6, 6.07) is 0. The van der Waals surface area contributed by atoms with Gasteiger partial charge in [-0.05, 0) is 42.9 Å². The summed E-state index contributed by atoms with van der Waals surface area (Å²) in [5.74, 6) is -0.0771. The van der Waals surface area contributed by atoms with Gasteiger partial charge in [-0.1, -0.05) is 24.3 Å². The Bertz CT molecular complexity index is 717. The molecule has 27 heavy (non-hydrogen) atoms. The molecule has 0 aromatic rings. The molecule has 6 rings (SSSR count). The topological polar surface area (TPSA) is 74.8 Å². The second-order valence-corrected chi connectivity index (χ2v) is 9.01. The number of hydrogen-bond donors (Lipinski definition) is 0. The monoisotopic (exact) mass is 366 g/mol. The van der Waals surface area contributed by atoms with E-state index in [2.05, 4.69) is 24.3 Å². The molecule has 0 aromatic heterocycles. The highest BCUT2D eigenvalue weighted by atomic mass is 16.2. The smallest absolute Gasteiger partial charge is 0.233 e. The zero-order valence-electron chi connectivity index (χ0n) is 15.0. The highest BCUT2D eigenvalue weighted by molar-refractivity contribution is 6.07. The number of imide groups is 2. The van der Waals surface area contributed by atoms with Crippen LogP contribution in [0.2, 0.25) is 0 Å². The lowest BCUT2D eigenvalue weighted by molar-refractivity contribution is -0.140. The van der Waals surface area contributed by atoms with E-state index in [1.807, 2.05) is 0 Å². The maximum Gasteiger partial charge on any atom is 0.233 e. The van der Waals surface area contributed by atoms with Crippen LogP contribution in [0.15, 0.2) is 24.3 Å². The standard InChI is InChI=1S/C21H22N2O4/c24-18-14-10-2-3-11(8-10)15(14)19(25)22(18)6-1-7-23-20(26)16-12-4-5-13(9-12)17(16)21(23)27/h2-5,10-17H,1,6-9H2/t10-,11?,12?,13?,14?,15?,16?,17?/m0/s1. The minimum atomic E-state index is -0.177. The van der Waals surface area contributed by atoms with Crippen LogP contribution < -0.4 is 0 Å². The van der Waals surface area contributed by atoms with E-state index in [1.54, 1.807) is 0 Å². The molecule has 0 aromatic carbocycles. The number of carbonyl (C=O) groups excluding carboxylic acids is 4. The first kappa shape index (κ1) is 15.8. The molecule has 7 unspecified atom stereocenters. The van der Waals surface area contributed by atoms with Gasteiger partial charge >= 0.3 is 0 Å². The summed E-state index contributed by atoms with van der Waals surface area (Å²) in [7, 11) is 0. The lowest BCUT2D eigenvalue weighted by Crippen LogP contribution is -2.38. The van der Waals surface area contributed by atoms with E-state index in [9.17, 15) is 19.2 Å². The molecule has 2 aliphatic heterocycles. The number of carbonyl (C=O) groups is 4. The van der Waals surface area contributed by atoms with Gasteiger partial charge in [-0.15, -0.1) is 0 Å². The third-order valence-corrected chi connectivity index (χ3v) is 7.89. The van der Waals surface area contributed by atoms with E-state index in [0.717, 1.165) is 12.8 Å². The Kier molecular flexibility index (Phi) is 3.03. The summed E-state index contributed by atoms with van der Waals surface area (Å²) in [6.07, 6.45) is 10.7. The molecule has 4 fully saturated rings. The van der Waals surface area contributed by atoms with Crippen molar-refractivity contribution in [2.24, 2.45) is 47.3 Å². The van der Waals surface area contributed by atoms with E-state index >= 15 is 0 Å². The van der Waals surface area contributed by atoms with Gasteiger partial charge in [-0.2, -0.15) is 0 Å². The van der Waals surface area contributed by atoms with Crippen LogP contribution in [0.4, 0.5) is 0 Å². The molecule has 0 N–H and O–H groups in total. The minimum absolute atomic E-state index is 0.0555. The predicted molar refractivity (Wildman–Crippen MR) is 93.5 cm³/mol. The van der Waals surface area contributed by atoms with Crippen LogP contribution in [0.1, 0.15) is 19.3 Å². The molecule has 0 spiro atoms. The van der Waals surface area contributed by atoms with E-state index < -0.39 is 0 Å².